The van der Waals surface area contributed by atoms with Gasteiger partial charge in [0, 0.05) is 21.5 Å². The van der Waals surface area contributed by atoms with Crippen molar-refractivity contribution in [1.82, 2.24) is 10.5 Å². The van der Waals surface area contributed by atoms with Gasteiger partial charge in [-0.2, -0.15) is 0 Å². The first-order chi connectivity index (χ1) is 14.1. The van der Waals surface area contributed by atoms with Crippen LogP contribution in [0.5, 0.6) is 0 Å². The quantitative estimate of drug-likeness (QED) is 0.175. The second-order valence-electron chi connectivity index (χ2n) is 5.65. The number of ether oxygens (including phenoxy) is 1. The number of aromatic nitrogens is 1. The fourth-order valence-corrected chi connectivity index (χ4v) is 3.32. The molecule has 0 spiro atoms. The largest absolute Gasteiger partial charge is 0.462 e. The Morgan fingerprint density at radius 3 is 2.93 bits per heavy atom. The molecular formula is C20H17ClFN3O3S. The molecule has 0 fully saturated rings. The maximum Gasteiger partial charge on any atom is 0.338 e. The number of aliphatic imine (C=N–C) groups is 1. The highest BCUT2D eigenvalue weighted by molar-refractivity contribution is 7.13. The van der Waals surface area contributed by atoms with E-state index in [1.54, 1.807) is 36.6 Å². The van der Waals surface area contributed by atoms with Gasteiger partial charge in [-0.25, -0.2) is 19.2 Å². The molecule has 6 nitrogen and oxygen atoms in total. The molecule has 0 aliphatic heterocycles. The Labute approximate surface area is 175 Å². The SMILES string of the molecule is CCOC(=O)c1ccccc1-c1csc(N=CNOCc2c(F)cccc2Cl)n1. The Kier molecular flexibility index (Phi) is 7.29. The molecular weight excluding hydrogens is 417 g/mol. The van der Waals surface area contributed by atoms with Crippen LogP contribution in [-0.4, -0.2) is 23.9 Å². The second-order valence-corrected chi connectivity index (χ2v) is 6.89. The average Bonchev–Trinajstić information content (AvgIpc) is 3.18. The van der Waals surface area contributed by atoms with Gasteiger partial charge in [0.1, 0.15) is 18.8 Å². The molecule has 0 bridgehead atoms. The van der Waals surface area contributed by atoms with E-state index in [1.807, 2.05) is 6.07 Å². The van der Waals surface area contributed by atoms with Gasteiger partial charge in [0.2, 0.25) is 5.13 Å². The van der Waals surface area contributed by atoms with E-state index in [0.29, 0.717) is 28.6 Å². The summed E-state index contributed by atoms with van der Waals surface area (Å²) in [5.74, 6) is -0.843. The molecule has 29 heavy (non-hydrogen) atoms. The molecule has 1 heterocycles. The third-order valence-electron chi connectivity index (χ3n) is 3.78. The van der Waals surface area contributed by atoms with Gasteiger partial charge in [-0.15, -0.1) is 11.3 Å². The van der Waals surface area contributed by atoms with E-state index in [9.17, 15) is 9.18 Å². The monoisotopic (exact) mass is 433 g/mol. The molecule has 0 atom stereocenters. The van der Waals surface area contributed by atoms with E-state index in [1.165, 1.54) is 29.8 Å². The fourth-order valence-electron chi connectivity index (χ4n) is 2.44. The van der Waals surface area contributed by atoms with Crippen molar-refractivity contribution in [1.29, 1.82) is 0 Å². The van der Waals surface area contributed by atoms with E-state index in [4.69, 9.17) is 21.2 Å². The number of halogens is 2. The highest BCUT2D eigenvalue weighted by Gasteiger charge is 2.15. The van der Waals surface area contributed by atoms with Crippen molar-refractivity contribution < 1.29 is 18.8 Å². The minimum Gasteiger partial charge on any atom is -0.462 e. The lowest BCUT2D eigenvalue weighted by atomic mass is 10.1. The first-order valence-corrected chi connectivity index (χ1v) is 9.90. The zero-order chi connectivity index (χ0) is 20.6. The summed E-state index contributed by atoms with van der Waals surface area (Å²) in [7, 11) is 0. The fraction of sp³-hybridized carbons (Fsp3) is 0.150. The number of nitrogens with one attached hydrogen (secondary N) is 1. The minimum absolute atomic E-state index is 0.0619. The van der Waals surface area contributed by atoms with Gasteiger partial charge >= 0.3 is 5.97 Å². The molecule has 2 aromatic carbocycles. The number of carbonyl (C=O) groups is 1. The molecule has 1 aromatic heterocycles. The van der Waals surface area contributed by atoms with Gasteiger partial charge in [0.15, 0.2) is 0 Å². The molecule has 1 N–H and O–H groups in total. The molecule has 0 radical (unpaired) electrons. The normalized spacial score (nSPS) is 11.0. The van der Waals surface area contributed by atoms with Gasteiger partial charge < -0.3 is 4.74 Å². The van der Waals surface area contributed by atoms with Crippen LogP contribution in [0.4, 0.5) is 9.52 Å². The van der Waals surface area contributed by atoms with Gasteiger partial charge in [-0.1, -0.05) is 35.9 Å². The van der Waals surface area contributed by atoms with Crippen LogP contribution in [0.15, 0.2) is 52.8 Å². The molecule has 9 heteroatoms. The maximum absolute atomic E-state index is 13.7. The van der Waals surface area contributed by atoms with Crippen LogP contribution in [-0.2, 0) is 16.2 Å². The molecule has 150 valence electrons. The van der Waals surface area contributed by atoms with Crippen molar-refractivity contribution in [3.05, 3.63) is 69.8 Å². The lowest BCUT2D eigenvalue weighted by Gasteiger charge is -2.06. The second kappa shape index (κ2) is 10.1. The maximum atomic E-state index is 13.7. The zero-order valence-electron chi connectivity index (χ0n) is 15.4. The summed E-state index contributed by atoms with van der Waals surface area (Å²) in [5.41, 5.74) is 4.49. The molecule has 0 saturated heterocycles. The van der Waals surface area contributed by atoms with Crippen LogP contribution in [0.25, 0.3) is 11.3 Å². The lowest BCUT2D eigenvalue weighted by molar-refractivity contribution is 0.0527. The van der Waals surface area contributed by atoms with E-state index < -0.39 is 11.8 Å². The first-order valence-electron chi connectivity index (χ1n) is 8.65. The summed E-state index contributed by atoms with van der Waals surface area (Å²) >= 11 is 7.23. The van der Waals surface area contributed by atoms with Crippen LogP contribution in [0.3, 0.4) is 0 Å². The third-order valence-corrected chi connectivity index (χ3v) is 4.88. The Balaban J connectivity index is 1.62. The van der Waals surface area contributed by atoms with Crippen LogP contribution in [0.2, 0.25) is 5.02 Å². The summed E-state index contributed by atoms with van der Waals surface area (Å²) in [5, 5.41) is 2.54. The third kappa shape index (κ3) is 5.38. The van der Waals surface area contributed by atoms with Crippen LogP contribution in [0, 0.1) is 5.82 Å². The highest BCUT2D eigenvalue weighted by Crippen LogP contribution is 2.29. The molecule has 3 rings (SSSR count). The predicted octanol–water partition coefficient (Wildman–Crippen LogP) is 5.16. The van der Waals surface area contributed by atoms with E-state index >= 15 is 0 Å². The number of hydrogen-bond acceptors (Lipinski definition) is 6. The summed E-state index contributed by atoms with van der Waals surface area (Å²) in [6, 6.07) is 11.5. The van der Waals surface area contributed by atoms with E-state index in [2.05, 4.69) is 15.5 Å². The average molecular weight is 434 g/mol. The standard InChI is InChI=1S/C20H17ClFN3O3S/c1-2-27-19(26)14-7-4-3-6-13(14)18-11-29-20(25-18)23-12-24-28-10-15-16(21)8-5-9-17(15)22/h3-9,11-12H,2,10H2,1H3,(H,23,24,25). The van der Waals surface area contributed by atoms with Crippen molar-refractivity contribution in [2.45, 2.75) is 13.5 Å². The van der Waals surface area contributed by atoms with Gasteiger partial charge in [0.05, 0.1) is 17.9 Å². The molecule has 0 saturated carbocycles. The van der Waals surface area contributed by atoms with Crippen molar-refractivity contribution in [2.75, 3.05) is 6.61 Å². The first kappa shape index (κ1) is 20.9. The summed E-state index contributed by atoms with van der Waals surface area (Å²) in [6.45, 7) is 1.99. The molecule has 3 aromatic rings. The van der Waals surface area contributed by atoms with Crippen molar-refractivity contribution in [3.8, 4) is 11.3 Å². The number of rotatable bonds is 8. The van der Waals surface area contributed by atoms with Crippen molar-refractivity contribution in [3.63, 3.8) is 0 Å². The summed E-state index contributed by atoms with van der Waals surface area (Å²) in [6.07, 6.45) is 1.30. The van der Waals surface area contributed by atoms with Crippen LogP contribution in [0.1, 0.15) is 22.8 Å². The number of benzene rings is 2. The highest BCUT2D eigenvalue weighted by atomic mass is 35.5. The number of thiazole rings is 1. The van der Waals surface area contributed by atoms with Crippen molar-refractivity contribution >= 4 is 40.4 Å². The lowest BCUT2D eigenvalue weighted by Crippen LogP contribution is -2.12. The number of hydroxylamine groups is 1. The Hall–Kier alpha value is -2.81. The van der Waals surface area contributed by atoms with E-state index in [-0.39, 0.29) is 17.2 Å². The minimum atomic E-state index is -0.443. The molecule has 0 amide bonds. The van der Waals surface area contributed by atoms with E-state index in [0.717, 1.165) is 0 Å². The number of nitrogens with zero attached hydrogens (tertiary/aromatic N) is 2. The van der Waals surface area contributed by atoms with Gasteiger partial charge in [-0.05, 0) is 25.1 Å². The molecule has 0 aliphatic rings. The van der Waals surface area contributed by atoms with Gasteiger partial charge in [0.25, 0.3) is 0 Å². The Morgan fingerprint density at radius 1 is 1.31 bits per heavy atom. The van der Waals surface area contributed by atoms with Crippen LogP contribution >= 0.6 is 22.9 Å². The van der Waals surface area contributed by atoms with Crippen LogP contribution < -0.4 is 5.48 Å². The van der Waals surface area contributed by atoms with Crippen molar-refractivity contribution in [2.24, 2.45) is 4.99 Å². The number of hydrogen-bond donors (Lipinski definition) is 1. The predicted molar refractivity (Wildman–Crippen MR) is 111 cm³/mol. The summed E-state index contributed by atoms with van der Waals surface area (Å²) in [4.78, 5) is 25.8. The number of esters is 1. The topological polar surface area (TPSA) is 72.8 Å². The smallest absolute Gasteiger partial charge is 0.338 e. The molecule has 0 aliphatic carbocycles. The summed E-state index contributed by atoms with van der Waals surface area (Å²) < 4.78 is 18.7. The Morgan fingerprint density at radius 2 is 2.14 bits per heavy atom. The number of carbonyl (C=O) groups excluding carboxylic acids is 1. The Bertz CT molecular complexity index is 1010. The molecule has 0 unspecified atom stereocenters. The zero-order valence-corrected chi connectivity index (χ0v) is 17.0. The van der Waals surface area contributed by atoms with Gasteiger partial charge in [-0.3, -0.25) is 10.3 Å².